The lowest BCUT2D eigenvalue weighted by molar-refractivity contribution is 0.533. The van der Waals surface area contributed by atoms with E-state index in [-0.39, 0.29) is 0 Å². The van der Waals surface area contributed by atoms with E-state index in [1.165, 1.54) is 135 Å². The van der Waals surface area contributed by atoms with Crippen molar-refractivity contribution >= 4 is 0 Å². The molecule has 2 aromatic rings. The summed E-state index contributed by atoms with van der Waals surface area (Å²) in [5.74, 6) is 0. The lowest BCUT2D eigenvalue weighted by Crippen LogP contribution is -2.07. The number of hydrogen-bond acceptors (Lipinski definition) is 2. The standard InChI is InChI=1S/C37H64N4/c1-3-5-7-9-11-13-16-20-28-38-36-24-32-40(33-25-36)30-22-18-15-19-23-31-41-34-26-37(27-35-41)39-29-21-17-14-12-10-8-6-4-2/h24-27,32-35H,3-23,28-31H2,1-2H3. The highest BCUT2D eigenvalue weighted by Crippen LogP contribution is 2.09. The maximum absolute atomic E-state index is 4.77. The minimum absolute atomic E-state index is 0.968. The zero-order valence-corrected chi connectivity index (χ0v) is 27.1. The van der Waals surface area contributed by atoms with Crippen LogP contribution in [0.15, 0.2) is 59.0 Å². The largest absolute Gasteiger partial charge is 0.354 e. The van der Waals surface area contributed by atoms with Gasteiger partial charge in [0.1, 0.15) is 0 Å². The number of aromatic nitrogens is 2. The molecule has 0 saturated carbocycles. The molecule has 0 aliphatic heterocycles. The summed E-state index contributed by atoms with van der Waals surface area (Å²) in [4.78, 5) is 9.53. The molecule has 0 spiro atoms. The van der Waals surface area contributed by atoms with E-state index in [4.69, 9.17) is 9.98 Å². The van der Waals surface area contributed by atoms with Crippen LogP contribution in [0.25, 0.3) is 0 Å². The highest BCUT2D eigenvalue weighted by atomic mass is 14.9. The summed E-state index contributed by atoms with van der Waals surface area (Å²) in [6, 6.07) is 8.71. The van der Waals surface area contributed by atoms with Gasteiger partial charge in [0.15, 0.2) is 0 Å². The Labute approximate surface area is 253 Å². The molecule has 2 heterocycles. The van der Waals surface area contributed by atoms with E-state index < -0.39 is 0 Å². The Morgan fingerprint density at radius 3 is 1.02 bits per heavy atom. The average Bonchev–Trinajstić information content (AvgIpc) is 3.00. The normalized spacial score (nSPS) is 11.2. The molecule has 0 bridgehead atoms. The first-order chi connectivity index (χ1) is 20.3. The molecule has 0 saturated heterocycles. The summed E-state index contributed by atoms with van der Waals surface area (Å²) < 4.78 is 4.62. The summed E-state index contributed by atoms with van der Waals surface area (Å²) in [6.07, 6.45) is 37.0. The van der Waals surface area contributed by atoms with Crippen LogP contribution in [0.4, 0.5) is 0 Å². The Hall–Kier alpha value is -2.10. The Morgan fingerprint density at radius 1 is 0.390 bits per heavy atom. The number of aryl methyl sites for hydroxylation is 2. The van der Waals surface area contributed by atoms with E-state index in [1.807, 2.05) is 0 Å². The van der Waals surface area contributed by atoms with E-state index in [2.05, 4.69) is 72.0 Å². The Kier molecular flexibility index (Phi) is 21.9. The lowest BCUT2D eigenvalue weighted by atomic mass is 10.1. The molecular weight excluding hydrogens is 500 g/mol. The third kappa shape index (κ3) is 19.6. The number of rotatable bonds is 26. The van der Waals surface area contributed by atoms with Gasteiger partial charge in [0.2, 0.25) is 0 Å². The summed E-state index contributed by atoms with van der Waals surface area (Å²) in [5, 5.41) is 2.26. The molecule has 2 aromatic heterocycles. The molecule has 0 aromatic carbocycles. The molecule has 0 aliphatic rings. The number of hydrogen-bond donors (Lipinski definition) is 0. The smallest absolute Gasteiger partial charge is 0.0603 e. The molecule has 0 fully saturated rings. The van der Waals surface area contributed by atoms with Crippen molar-refractivity contribution in [1.82, 2.24) is 9.13 Å². The third-order valence-corrected chi connectivity index (χ3v) is 8.19. The monoisotopic (exact) mass is 565 g/mol. The quantitative estimate of drug-likeness (QED) is 0.102. The van der Waals surface area contributed by atoms with Crippen LogP contribution in [-0.4, -0.2) is 22.2 Å². The molecule has 0 aliphatic carbocycles. The van der Waals surface area contributed by atoms with Gasteiger partial charge in [-0.25, -0.2) is 0 Å². The first-order valence-electron chi connectivity index (χ1n) is 17.6. The van der Waals surface area contributed by atoms with Gasteiger partial charge in [-0.05, 0) is 49.9 Å². The second kappa shape index (κ2) is 25.6. The lowest BCUT2D eigenvalue weighted by Gasteiger charge is -2.07. The fraction of sp³-hybridized carbons (Fsp3) is 0.730. The molecule has 0 unspecified atom stereocenters. The van der Waals surface area contributed by atoms with Crippen molar-refractivity contribution in [2.45, 2.75) is 162 Å². The van der Waals surface area contributed by atoms with Crippen molar-refractivity contribution in [3.05, 3.63) is 59.8 Å². The van der Waals surface area contributed by atoms with Crippen LogP contribution in [0.2, 0.25) is 0 Å². The van der Waals surface area contributed by atoms with Crippen LogP contribution in [-0.2, 0) is 13.1 Å². The number of pyridine rings is 2. The molecular formula is C37H64N4. The topological polar surface area (TPSA) is 34.6 Å². The molecule has 0 amide bonds. The van der Waals surface area contributed by atoms with Crippen LogP contribution in [0.1, 0.15) is 149 Å². The van der Waals surface area contributed by atoms with Gasteiger partial charge >= 0.3 is 0 Å². The summed E-state index contributed by atoms with van der Waals surface area (Å²) in [6.45, 7) is 8.72. The van der Waals surface area contributed by atoms with Crippen LogP contribution < -0.4 is 10.7 Å². The van der Waals surface area contributed by atoms with Gasteiger partial charge in [0.05, 0.1) is 10.7 Å². The van der Waals surface area contributed by atoms with E-state index in [0.29, 0.717) is 0 Å². The molecule has 2 rings (SSSR count). The summed E-state index contributed by atoms with van der Waals surface area (Å²) >= 11 is 0. The van der Waals surface area contributed by atoms with Gasteiger partial charge in [-0.15, -0.1) is 0 Å². The zero-order chi connectivity index (χ0) is 29.1. The first-order valence-corrected chi connectivity index (χ1v) is 17.6. The molecule has 4 heteroatoms. The van der Waals surface area contributed by atoms with E-state index in [0.717, 1.165) is 36.9 Å². The zero-order valence-electron chi connectivity index (χ0n) is 27.1. The van der Waals surface area contributed by atoms with Crippen LogP contribution >= 0.6 is 0 Å². The van der Waals surface area contributed by atoms with Crippen LogP contribution in [0, 0.1) is 0 Å². The second-order valence-electron chi connectivity index (χ2n) is 12.1. The minimum Gasteiger partial charge on any atom is -0.354 e. The van der Waals surface area contributed by atoms with E-state index in [1.54, 1.807) is 0 Å². The Bertz CT molecular complexity index is 866. The summed E-state index contributed by atoms with van der Waals surface area (Å²) in [5.41, 5.74) is 0. The van der Waals surface area contributed by atoms with Crippen molar-refractivity contribution in [1.29, 1.82) is 0 Å². The minimum atomic E-state index is 0.968. The third-order valence-electron chi connectivity index (χ3n) is 8.19. The van der Waals surface area contributed by atoms with Gasteiger partial charge in [0.25, 0.3) is 0 Å². The van der Waals surface area contributed by atoms with Gasteiger partial charge in [-0.2, -0.15) is 0 Å². The number of nitrogens with zero attached hydrogens (tertiary/aromatic N) is 4. The van der Waals surface area contributed by atoms with E-state index >= 15 is 0 Å². The van der Waals surface area contributed by atoms with Gasteiger partial charge in [0, 0.05) is 51.0 Å². The molecule has 0 N–H and O–H groups in total. The first kappa shape index (κ1) is 35.1. The van der Waals surface area contributed by atoms with Crippen molar-refractivity contribution < 1.29 is 0 Å². The molecule has 232 valence electrons. The highest BCUT2D eigenvalue weighted by Gasteiger charge is 1.96. The SMILES string of the molecule is CCCCCCCCCCN=c1ccn(CCCCCCCn2ccc(=NCCCCCCCCCC)cc2)cc1. The molecule has 0 atom stereocenters. The summed E-state index contributed by atoms with van der Waals surface area (Å²) in [7, 11) is 0. The fourth-order valence-electron chi connectivity index (χ4n) is 5.43. The van der Waals surface area contributed by atoms with Crippen molar-refractivity contribution in [2.24, 2.45) is 9.98 Å². The predicted octanol–water partition coefficient (Wildman–Crippen LogP) is 10.0. The van der Waals surface area contributed by atoms with Crippen LogP contribution in [0.5, 0.6) is 0 Å². The Morgan fingerprint density at radius 2 is 0.683 bits per heavy atom. The highest BCUT2D eigenvalue weighted by molar-refractivity contribution is 4.94. The van der Waals surface area contributed by atoms with Crippen molar-refractivity contribution in [3.8, 4) is 0 Å². The fourth-order valence-corrected chi connectivity index (χ4v) is 5.43. The maximum Gasteiger partial charge on any atom is 0.0603 e. The van der Waals surface area contributed by atoms with Gasteiger partial charge in [-0.1, -0.05) is 123 Å². The average molecular weight is 565 g/mol. The Balaban J connectivity index is 1.45. The molecule has 4 nitrogen and oxygen atoms in total. The molecule has 0 radical (unpaired) electrons. The molecule has 41 heavy (non-hydrogen) atoms. The number of unbranched alkanes of at least 4 members (excludes halogenated alkanes) is 18. The van der Waals surface area contributed by atoms with Crippen molar-refractivity contribution in [3.63, 3.8) is 0 Å². The van der Waals surface area contributed by atoms with Crippen molar-refractivity contribution in [2.75, 3.05) is 13.1 Å². The van der Waals surface area contributed by atoms with Gasteiger partial charge in [-0.3, -0.25) is 9.98 Å². The van der Waals surface area contributed by atoms with Gasteiger partial charge < -0.3 is 9.13 Å². The predicted molar refractivity (Wildman–Crippen MR) is 178 cm³/mol. The second-order valence-corrected chi connectivity index (χ2v) is 12.1. The maximum atomic E-state index is 4.77. The van der Waals surface area contributed by atoms with Crippen LogP contribution in [0.3, 0.4) is 0 Å². The van der Waals surface area contributed by atoms with E-state index in [9.17, 15) is 0 Å².